The predicted octanol–water partition coefficient (Wildman–Crippen LogP) is 4.24. The van der Waals surface area contributed by atoms with Gasteiger partial charge in [-0.25, -0.2) is 0 Å². The van der Waals surface area contributed by atoms with Crippen LogP contribution in [0.1, 0.15) is 38.8 Å². The van der Waals surface area contributed by atoms with Gasteiger partial charge in [-0.15, -0.1) is 0 Å². The van der Waals surface area contributed by atoms with Crippen molar-refractivity contribution >= 4 is 14.3 Å². The van der Waals surface area contributed by atoms with Gasteiger partial charge < -0.3 is 4.89 Å². The first-order valence-corrected chi connectivity index (χ1v) is 7.75. The molecule has 1 unspecified atom stereocenters. The van der Waals surface area contributed by atoms with Crippen molar-refractivity contribution in [2.45, 2.75) is 33.3 Å². The van der Waals surface area contributed by atoms with E-state index < -0.39 is 13.9 Å². The van der Waals surface area contributed by atoms with Crippen molar-refractivity contribution in [3.05, 3.63) is 42.0 Å². The highest BCUT2D eigenvalue weighted by Gasteiger charge is 2.41. The van der Waals surface area contributed by atoms with Gasteiger partial charge in [0.05, 0.1) is 0 Å². The third-order valence-electron chi connectivity index (χ3n) is 3.57. The van der Waals surface area contributed by atoms with Gasteiger partial charge in [-0.2, -0.15) is 0 Å². The lowest BCUT2D eigenvalue weighted by Gasteiger charge is -2.40. The van der Waals surface area contributed by atoms with Gasteiger partial charge in [0.25, 0.3) is 0 Å². The monoisotopic (exact) mass is 282 g/mol. The second-order valence-electron chi connectivity index (χ2n) is 5.30. The van der Waals surface area contributed by atoms with Gasteiger partial charge >= 0.3 is 8.25 Å². The van der Waals surface area contributed by atoms with Crippen molar-refractivity contribution in [3.8, 4) is 0 Å². The zero-order valence-electron chi connectivity index (χ0n) is 12.0. The Kier molecular flexibility index (Phi) is 5.54. The van der Waals surface area contributed by atoms with Crippen molar-refractivity contribution in [1.29, 1.82) is 0 Å². The number of rotatable bonds is 6. The van der Waals surface area contributed by atoms with Crippen LogP contribution in [0.3, 0.4) is 0 Å². The van der Waals surface area contributed by atoms with Crippen molar-refractivity contribution in [2.75, 3.05) is 0 Å². The minimum atomic E-state index is -3.01. The van der Waals surface area contributed by atoms with Gasteiger partial charge in [0.2, 0.25) is 0 Å². The predicted molar refractivity (Wildman–Crippen MR) is 80.2 cm³/mol. The van der Waals surface area contributed by atoms with Crippen LogP contribution < -0.4 is 0 Å². The fraction of sp³-hybridized carbons (Fsp3) is 0.467. The summed E-state index contributed by atoms with van der Waals surface area (Å²) in [6, 6.07) is 7.78. The second-order valence-corrected chi connectivity index (χ2v) is 6.03. The molecule has 1 aromatic rings. The lowest BCUT2D eigenvalue weighted by atomic mass is 9.75. The van der Waals surface area contributed by atoms with Crippen molar-refractivity contribution in [1.82, 2.24) is 0 Å². The van der Waals surface area contributed by atoms with Crippen LogP contribution >= 0.6 is 8.25 Å². The molecule has 0 aliphatic heterocycles. The van der Waals surface area contributed by atoms with Crippen LogP contribution in [-0.4, -0.2) is 4.89 Å². The van der Waals surface area contributed by atoms with E-state index in [4.69, 9.17) is 4.52 Å². The van der Waals surface area contributed by atoms with Gasteiger partial charge in [-0.3, -0.25) is 9.09 Å². The molecule has 19 heavy (non-hydrogen) atoms. The molecule has 0 aromatic heterocycles. The van der Waals surface area contributed by atoms with Crippen LogP contribution in [0.25, 0.3) is 6.08 Å². The van der Waals surface area contributed by atoms with Crippen LogP contribution in [0.15, 0.2) is 30.8 Å². The number of hydrogen-bond donors (Lipinski definition) is 1. The molecule has 0 heterocycles. The first-order valence-electron chi connectivity index (χ1n) is 6.49. The molecule has 0 bridgehead atoms. The van der Waals surface area contributed by atoms with Crippen LogP contribution in [0.4, 0.5) is 0 Å². The summed E-state index contributed by atoms with van der Waals surface area (Å²) in [5, 5.41) is 0. The summed E-state index contributed by atoms with van der Waals surface area (Å²) in [4.78, 5) is 9.26. The molecule has 3 nitrogen and oxygen atoms in total. The summed E-state index contributed by atoms with van der Waals surface area (Å²) in [5.74, 6) is 0.173. The molecule has 0 aliphatic carbocycles. The lowest BCUT2D eigenvalue weighted by Crippen LogP contribution is -2.39. The fourth-order valence-corrected chi connectivity index (χ4v) is 3.53. The molecule has 1 atom stereocenters. The maximum Gasteiger partial charge on any atom is 0.317 e. The Bertz CT molecular complexity index is 441. The Morgan fingerprint density at radius 1 is 1.21 bits per heavy atom. The smallest absolute Gasteiger partial charge is 0.317 e. The Balaban J connectivity index is 3.34. The third-order valence-corrected chi connectivity index (χ3v) is 4.08. The number of benzene rings is 1. The standard InChI is InChI=1S/C15H23O3P/c1-6-13-7-9-14(10-8-13)15(11(2)3,12(4)5)18-19(16)17/h6-12,19H,1H2,2-5H3,(H,16,17). The summed E-state index contributed by atoms with van der Waals surface area (Å²) in [5.41, 5.74) is 1.20. The molecule has 1 rings (SSSR count). The first kappa shape index (κ1) is 16.2. The van der Waals surface area contributed by atoms with Crippen molar-refractivity contribution < 1.29 is 14.0 Å². The van der Waals surface area contributed by atoms with E-state index in [0.29, 0.717) is 0 Å². The highest BCUT2D eigenvalue weighted by Crippen LogP contribution is 2.46. The van der Waals surface area contributed by atoms with E-state index in [1.807, 2.05) is 52.0 Å². The molecule has 0 fully saturated rings. The summed E-state index contributed by atoms with van der Waals surface area (Å²) >= 11 is 0. The summed E-state index contributed by atoms with van der Waals surface area (Å²) in [7, 11) is -3.01. The molecule has 4 heteroatoms. The van der Waals surface area contributed by atoms with Gasteiger partial charge in [0, 0.05) is 0 Å². The van der Waals surface area contributed by atoms with Crippen LogP contribution in [0, 0.1) is 11.8 Å². The van der Waals surface area contributed by atoms with Crippen LogP contribution in [0.5, 0.6) is 0 Å². The molecule has 0 radical (unpaired) electrons. The normalized spacial score (nSPS) is 13.8. The zero-order chi connectivity index (χ0) is 14.6. The van der Waals surface area contributed by atoms with E-state index in [1.54, 1.807) is 6.08 Å². The molecule has 0 aliphatic rings. The average Bonchev–Trinajstić information content (AvgIpc) is 2.35. The Labute approximate surface area is 116 Å². The molecule has 1 N–H and O–H groups in total. The van der Waals surface area contributed by atoms with Crippen LogP contribution in [0.2, 0.25) is 0 Å². The quantitative estimate of drug-likeness (QED) is 0.794. The average molecular weight is 282 g/mol. The number of hydrogen-bond acceptors (Lipinski definition) is 2. The maximum atomic E-state index is 11.3. The van der Waals surface area contributed by atoms with E-state index in [-0.39, 0.29) is 11.8 Å². The third kappa shape index (κ3) is 3.36. The largest absolute Gasteiger partial charge is 0.326 e. The molecule has 0 amide bonds. The van der Waals surface area contributed by atoms with Gasteiger partial charge in [-0.05, 0) is 23.0 Å². The van der Waals surface area contributed by atoms with E-state index in [2.05, 4.69) is 6.58 Å². The van der Waals surface area contributed by atoms with Gasteiger partial charge in [0.1, 0.15) is 5.60 Å². The Hall–Kier alpha value is -0.890. The second kappa shape index (κ2) is 6.51. The zero-order valence-corrected chi connectivity index (χ0v) is 13.0. The molecule has 0 spiro atoms. The molecule has 0 saturated heterocycles. The minimum Gasteiger partial charge on any atom is -0.326 e. The topological polar surface area (TPSA) is 46.5 Å². The van der Waals surface area contributed by atoms with E-state index in [1.165, 1.54) is 0 Å². The lowest BCUT2D eigenvalue weighted by molar-refractivity contribution is -0.0285. The highest BCUT2D eigenvalue weighted by atomic mass is 31.1. The van der Waals surface area contributed by atoms with Gasteiger partial charge in [-0.1, -0.05) is 64.6 Å². The minimum absolute atomic E-state index is 0.0863. The maximum absolute atomic E-state index is 11.3. The molecular weight excluding hydrogens is 259 g/mol. The molecule has 106 valence electrons. The molecule has 0 saturated carbocycles. The summed E-state index contributed by atoms with van der Waals surface area (Å²) in [6.07, 6.45) is 1.77. The molecular formula is C15H23O3P. The van der Waals surface area contributed by atoms with E-state index >= 15 is 0 Å². The van der Waals surface area contributed by atoms with Crippen molar-refractivity contribution in [2.24, 2.45) is 11.8 Å². The SMILES string of the molecule is C=Cc1ccc(C(O[PH](=O)O)(C(C)C)C(C)C)cc1. The van der Waals surface area contributed by atoms with E-state index in [0.717, 1.165) is 11.1 Å². The molecule has 1 aromatic carbocycles. The summed E-state index contributed by atoms with van der Waals surface area (Å²) < 4.78 is 16.8. The Morgan fingerprint density at radius 3 is 2.00 bits per heavy atom. The van der Waals surface area contributed by atoms with Crippen molar-refractivity contribution in [3.63, 3.8) is 0 Å². The summed E-state index contributed by atoms with van der Waals surface area (Å²) in [6.45, 7) is 11.7. The Morgan fingerprint density at radius 2 is 1.68 bits per heavy atom. The van der Waals surface area contributed by atoms with E-state index in [9.17, 15) is 9.46 Å². The highest BCUT2D eigenvalue weighted by molar-refractivity contribution is 7.32. The van der Waals surface area contributed by atoms with Gasteiger partial charge in [0.15, 0.2) is 0 Å². The first-order chi connectivity index (χ1) is 8.84. The fourth-order valence-electron chi connectivity index (χ4n) is 2.65. The van der Waals surface area contributed by atoms with Crippen LogP contribution in [-0.2, 0) is 14.7 Å².